The van der Waals surface area contributed by atoms with E-state index >= 15 is 0 Å². The van der Waals surface area contributed by atoms with Gasteiger partial charge in [-0.2, -0.15) is 0 Å². The second-order valence-corrected chi connectivity index (χ2v) is 11.0. The first-order chi connectivity index (χ1) is 10.7. The number of hydrogen-bond donors (Lipinski definition) is 4. The summed E-state index contributed by atoms with van der Waals surface area (Å²) >= 11 is 0. The van der Waals surface area contributed by atoms with E-state index in [1.54, 1.807) is 0 Å². The monoisotopic (exact) mass is 340 g/mol. The molecule has 2 fully saturated rings. The van der Waals surface area contributed by atoms with Crippen LogP contribution >= 0.6 is 0 Å². The molecule has 4 atom stereocenters. The van der Waals surface area contributed by atoms with Gasteiger partial charge in [0.05, 0.1) is 0 Å². The summed E-state index contributed by atoms with van der Waals surface area (Å²) in [6.07, 6.45) is 6.89. The number of rotatable bonds is 2. The standard InChI is InChI=1S/2C10H22N2/c2*1-9(2)4-8(12)5-10(3,6-9)7-11/h2*8H,4-7,11-12H2,1-3H3. The highest BCUT2D eigenvalue weighted by Gasteiger charge is 2.39. The minimum Gasteiger partial charge on any atom is -0.330 e. The van der Waals surface area contributed by atoms with Gasteiger partial charge in [-0.15, -0.1) is 0 Å². The van der Waals surface area contributed by atoms with E-state index in [9.17, 15) is 0 Å². The van der Waals surface area contributed by atoms with Crippen LogP contribution in [-0.2, 0) is 0 Å². The molecule has 4 nitrogen and oxygen atoms in total. The maximum absolute atomic E-state index is 6.01. The maximum Gasteiger partial charge on any atom is 0.00495 e. The van der Waals surface area contributed by atoms with Crippen molar-refractivity contribution in [1.29, 1.82) is 0 Å². The van der Waals surface area contributed by atoms with Crippen molar-refractivity contribution in [3.63, 3.8) is 0 Å². The summed E-state index contributed by atoms with van der Waals surface area (Å²) in [4.78, 5) is 0. The lowest BCUT2D eigenvalue weighted by atomic mass is 9.63. The van der Waals surface area contributed by atoms with Crippen LogP contribution in [0.1, 0.15) is 80.1 Å². The molecule has 2 aliphatic rings. The van der Waals surface area contributed by atoms with Gasteiger partial charge in [0.25, 0.3) is 0 Å². The van der Waals surface area contributed by atoms with Crippen LogP contribution in [0.3, 0.4) is 0 Å². The Morgan fingerprint density at radius 1 is 0.625 bits per heavy atom. The van der Waals surface area contributed by atoms with Gasteiger partial charge in [0.2, 0.25) is 0 Å². The van der Waals surface area contributed by atoms with Gasteiger partial charge in [-0.25, -0.2) is 0 Å². The Morgan fingerprint density at radius 2 is 0.917 bits per heavy atom. The molecule has 8 N–H and O–H groups in total. The zero-order valence-corrected chi connectivity index (χ0v) is 17.1. The molecular weight excluding hydrogens is 296 g/mol. The highest BCUT2D eigenvalue weighted by molar-refractivity contribution is 4.94. The zero-order chi connectivity index (χ0) is 18.8. The second kappa shape index (κ2) is 7.61. The minimum absolute atomic E-state index is 0.279. The Labute approximate surface area is 150 Å². The molecule has 0 bridgehead atoms. The molecule has 0 radical (unpaired) electrons. The minimum atomic E-state index is 0.279. The molecule has 0 amide bonds. The van der Waals surface area contributed by atoms with E-state index in [2.05, 4.69) is 41.5 Å². The van der Waals surface area contributed by atoms with Gasteiger partial charge in [-0.3, -0.25) is 0 Å². The predicted octanol–water partition coefficient (Wildman–Crippen LogP) is 2.98. The summed E-state index contributed by atoms with van der Waals surface area (Å²) in [6.45, 7) is 15.2. The fourth-order valence-corrected chi connectivity index (χ4v) is 5.74. The Morgan fingerprint density at radius 3 is 1.12 bits per heavy atom. The molecule has 0 aromatic carbocycles. The van der Waals surface area contributed by atoms with Crippen LogP contribution in [0, 0.1) is 21.7 Å². The van der Waals surface area contributed by atoms with Gasteiger partial charge in [0.15, 0.2) is 0 Å². The van der Waals surface area contributed by atoms with Gasteiger partial charge < -0.3 is 22.9 Å². The van der Waals surface area contributed by atoms with Crippen molar-refractivity contribution in [3.8, 4) is 0 Å². The van der Waals surface area contributed by atoms with Crippen LogP contribution in [0.2, 0.25) is 0 Å². The van der Waals surface area contributed by atoms with E-state index in [4.69, 9.17) is 22.9 Å². The first kappa shape index (κ1) is 21.9. The van der Waals surface area contributed by atoms with Gasteiger partial charge in [-0.1, -0.05) is 41.5 Å². The molecule has 0 heterocycles. The quantitative estimate of drug-likeness (QED) is 0.620. The summed E-state index contributed by atoms with van der Waals surface area (Å²) in [7, 11) is 0. The third kappa shape index (κ3) is 6.62. The second-order valence-electron chi connectivity index (χ2n) is 11.0. The maximum atomic E-state index is 6.01. The molecule has 2 aliphatic carbocycles. The van der Waals surface area contributed by atoms with Gasteiger partial charge in [0.1, 0.15) is 0 Å². The zero-order valence-electron chi connectivity index (χ0n) is 17.1. The lowest BCUT2D eigenvalue weighted by Crippen LogP contribution is -2.45. The molecule has 2 rings (SSSR count). The average Bonchev–Trinajstić information content (AvgIpc) is 2.33. The van der Waals surface area contributed by atoms with E-state index in [0.29, 0.717) is 22.9 Å². The summed E-state index contributed by atoms with van der Waals surface area (Å²) in [5, 5.41) is 0. The predicted molar refractivity (Wildman–Crippen MR) is 106 cm³/mol. The smallest absolute Gasteiger partial charge is 0.00495 e. The molecule has 144 valence electrons. The number of hydrogen-bond acceptors (Lipinski definition) is 4. The normalized spacial score (nSPS) is 41.2. The van der Waals surface area contributed by atoms with Crippen molar-refractivity contribution in [2.45, 2.75) is 92.2 Å². The summed E-state index contributed by atoms with van der Waals surface area (Å²) in [6, 6.07) is 0.699. The van der Waals surface area contributed by atoms with Crippen LogP contribution in [-0.4, -0.2) is 25.2 Å². The molecule has 0 aromatic heterocycles. The van der Waals surface area contributed by atoms with Crippen LogP contribution in [0.4, 0.5) is 0 Å². The molecule has 0 saturated heterocycles. The van der Waals surface area contributed by atoms with E-state index in [-0.39, 0.29) is 10.8 Å². The van der Waals surface area contributed by atoms with E-state index in [0.717, 1.165) is 38.8 Å². The van der Waals surface area contributed by atoms with Crippen molar-refractivity contribution in [2.24, 2.45) is 44.6 Å². The van der Waals surface area contributed by atoms with Crippen molar-refractivity contribution < 1.29 is 0 Å². The highest BCUT2D eigenvalue weighted by atomic mass is 14.7. The van der Waals surface area contributed by atoms with E-state index < -0.39 is 0 Å². The molecule has 0 aliphatic heterocycles. The molecule has 4 unspecified atom stereocenters. The molecule has 2 saturated carbocycles. The Balaban J connectivity index is 0.000000240. The molecule has 0 spiro atoms. The van der Waals surface area contributed by atoms with Crippen LogP contribution in [0.25, 0.3) is 0 Å². The Hall–Kier alpha value is -0.160. The molecule has 4 heteroatoms. The lowest BCUT2D eigenvalue weighted by molar-refractivity contribution is 0.0900. The molecule has 0 aromatic rings. The summed E-state index contributed by atoms with van der Waals surface area (Å²) in [5.41, 5.74) is 24.9. The average molecular weight is 341 g/mol. The van der Waals surface area contributed by atoms with Crippen molar-refractivity contribution >= 4 is 0 Å². The Bertz CT molecular complexity index is 368. The fourth-order valence-electron chi connectivity index (χ4n) is 5.74. The molecule has 24 heavy (non-hydrogen) atoms. The van der Waals surface area contributed by atoms with Crippen LogP contribution in [0.15, 0.2) is 0 Å². The SMILES string of the molecule is CC1(C)CC(N)CC(C)(CN)C1.CC1(C)CC(N)CC(C)(CN)C1. The summed E-state index contributed by atoms with van der Waals surface area (Å²) in [5.74, 6) is 0. The van der Waals surface area contributed by atoms with Gasteiger partial charge in [0, 0.05) is 12.1 Å². The third-order valence-electron chi connectivity index (χ3n) is 5.94. The first-order valence-electron chi connectivity index (χ1n) is 9.65. The Kier molecular flexibility index (Phi) is 6.94. The largest absolute Gasteiger partial charge is 0.330 e. The first-order valence-corrected chi connectivity index (χ1v) is 9.65. The van der Waals surface area contributed by atoms with Crippen LogP contribution < -0.4 is 22.9 Å². The third-order valence-corrected chi connectivity index (χ3v) is 5.94. The van der Waals surface area contributed by atoms with Gasteiger partial charge >= 0.3 is 0 Å². The van der Waals surface area contributed by atoms with Crippen molar-refractivity contribution in [1.82, 2.24) is 0 Å². The van der Waals surface area contributed by atoms with Crippen molar-refractivity contribution in [3.05, 3.63) is 0 Å². The van der Waals surface area contributed by atoms with E-state index in [1.165, 1.54) is 12.8 Å². The topological polar surface area (TPSA) is 104 Å². The van der Waals surface area contributed by atoms with Gasteiger partial charge in [-0.05, 0) is 73.3 Å². The fraction of sp³-hybridized carbons (Fsp3) is 1.00. The van der Waals surface area contributed by atoms with Crippen LogP contribution in [0.5, 0.6) is 0 Å². The lowest BCUT2D eigenvalue weighted by Gasteiger charge is -2.45. The highest BCUT2D eigenvalue weighted by Crippen LogP contribution is 2.45. The van der Waals surface area contributed by atoms with Crippen molar-refractivity contribution in [2.75, 3.05) is 13.1 Å². The summed E-state index contributed by atoms with van der Waals surface area (Å²) < 4.78 is 0. The molecular formula is C20H44N4. The van der Waals surface area contributed by atoms with E-state index in [1.807, 2.05) is 0 Å². The number of nitrogens with two attached hydrogens (primary N) is 4.